The number of nitro groups is 1. The van der Waals surface area contributed by atoms with Gasteiger partial charge >= 0.3 is 0 Å². The molecule has 9 heteroatoms. The Morgan fingerprint density at radius 2 is 1.83 bits per heavy atom. The van der Waals surface area contributed by atoms with Gasteiger partial charge in [0.1, 0.15) is 4.90 Å². The zero-order valence-corrected chi connectivity index (χ0v) is 13.4. The number of amides is 1. The van der Waals surface area contributed by atoms with Crippen LogP contribution < -0.4 is 0 Å². The lowest BCUT2D eigenvalue weighted by atomic mass is 10.2. The topological polar surface area (TPSA) is 97.6 Å². The van der Waals surface area contributed by atoms with Crippen LogP contribution in [0.25, 0.3) is 0 Å². The summed E-state index contributed by atoms with van der Waals surface area (Å²) in [4.78, 5) is 23.4. The van der Waals surface area contributed by atoms with Crippen molar-refractivity contribution in [3.63, 3.8) is 0 Å². The molecule has 0 aliphatic carbocycles. The van der Waals surface area contributed by atoms with Gasteiger partial charge in [-0.05, 0) is 18.2 Å². The van der Waals surface area contributed by atoms with Gasteiger partial charge in [0.2, 0.25) is 0 Å². The van der Waals surface area contributed by atoms with Crippen molar-refractivity contribution in [2.75, 3.05) is 7.05 Å². The second-order valence-electron chi connectivity index (χ2n) is 4.76. The van der Waals surface area contributed by atoms with Crippen LogP contribution in [0, 0.1) is 10.1 Å². The van der Waals surface area contributed by atoms with Crippen molar-refractivity contribution in [1.82, 2.24) is 4.31 Å². The fourth-order valence-electron chi connectivity index (χ4n) is 2.18. The minimum atomic E-state index is -4.07. The normalized spacial score (nSPS) is 16.0. The number of hydrogen-bond acceptors (Lipinski definition) is 6. The summed E-state index contributed by atoms with van der Waals surface area (Å²) in [5.41, 5.74) is 0.0271. The first-order valence-electron chi connectivity index (χ1n) is 6.41. The highest BCUT2D eigenvalue weighted by Gasteiger charge is 2.33. The maximum atomic E-state index is 12.6. The third-order valence-electron chi connectivity index (χ3n) is 3.40. The molecule has 0 N–H and O–H groups in total. The highest BCUT2D eigenvalue weighted by Crippen LogP contribution is 2.40. The Balaban J connectivity index is 2.31. The van der Waals surface area contributed by atoms with Crippen LogP contribution in [0.4, 0.5) is 5.69 Å². The third kappa shape index (κ3) is 2.47. The maximum Gasteiger partial charge on any atom is 0.270 e. The molecule has 0 spiro atoms. The van der Waals surface area contributed by atoms with E-state index in [1.54, 1.807) is 18.2 Å². The predicted octanol–water partition coefficient (Wildman–Crippen LogP) is 2.52. The van der Waals surface area contributed by atoms with Crippen LogP contribution in [0.1, 0.15) is 10.4 Å². The molecule has 3 rings (SSSR count). The number of nitrogens with zero attached hydrogens (tertiary/aromatic N) is 2. The SMILES string of the molecule is CN1C(=O)c2ccccc2Sc2cc([N+](=O)[O-])ccc2S1(=O)=O. The number of carbonyl (C=O) groups is 1. The van der Waals surface area contributed by atoms with E-state index in [1.165, 1.54) is 19.2 Å². The molecule has 0 saturated heterocycles. The van der Waals surface area contributed by atoms with E-state index in [-0.39, 0.29) is 21.0 Å². The van der Waals surface area contributed by atoms with E-state index >= 15 is 0 Å². The molecule has 0 bridgehead atoms. The van der Waals surface area contributed by atoms with Crippen molar-refractivity contribution < 1.29 is 18.1 Å². The monoisotopic (exact) mass is 350 g/mol. The highest BCUT2D eigenvalue weighted by molar-refractivity contribution is 8.00. The van der Waals surface area contributed by atoms with Crippen LogP contribution >= 0.6 is 11.8 Å². The first-order chi connectivity index (χ1) is 10.8. The van der Waals surface area contributed by atoms with Gasteiger partial charge in [-0.25, -0.2) is 12.7 Å². The van der Waals surface area contributed by atoms with Gasteiger partial charge in [0, 0.05) is 29.0 Å². The van der Waals surface area contributed by atoms with Gasteiger partial charge in [0.05, 0.1) is 10.5 Å². The zero-order chi connectivity index (χ0) is 16.8. The van der Waals surface area contributed by atoms with Crippen molar-refractivity contribution in [3.05, 3.63) is 58.1 Å². The molecular weight excluding hydrogens is 340 g/mol. The summed E-state index contributed by atoms with van der Waals surface area (Å²) in [6.45, 7) is 0. The lowest BCUT2D eigenvalue weighted by molar-refractivity contribution is -0.385. The Bertz CT molecular complexity index is 940. The average molecular weight is 350 g/mol. The van der Waals surface area contributed by atoms with Crippen LogP contribution in [0.5, 0.6) is 0 Å². The first kappa shape index (κ1) is 15.5. The van der Waals surface area contributed by atoms with Gasteiger partial charge in [-0.15, -0.1) is 0 Å². The summed E-state index contributed by atoms with van der Waals surface area (Å²) >= 11 is 1.03. The van der Waals surface area contributed by atoms with Crippen LogP contribution in [0.15, 0.2) is 57.2 Å². The molecular formula is C14H10N2O5S2. The molecule has 0 aromatic heterocycles. The largest absolute Gasteiger partial charge is 0.270 e. The fourth-order valence-corrected chi connectivity index (χ4v) is 4.78. The number of sulfonamides is 1. The summed E-state index contributed by atoms with van der Waals surface area (Å²) in [7, 11) is -2.90. The van der Waals surface area contributed by atoms with E-state index in [1.807, 2.05) is 0 Å². The van der Waals surface area contributed by atoms with E-state index < -0.39 is 20.9 Å². The molecule has 1 aliphatic rings. The smallest absolute Gasteiger partial charge is 0.268 e. The number of benzene rings is 2. The van der Waals surface area contributed by atoms with Crippen LogP contribution in [0.3, 0.4) is 0 Å². The summed E-state index contributed by atoms with van der Waals surface area (Å²) in [6.07, 6.45) is 0. The van der Waals surface area contributed by atoms with Gasteiger partial charge in [-0.1, -0.05) is 23.9 Å². The Morgan fingerprint density at radius 3 is 2.52 bits per heavy atom. The third-order valence-corrected chi connectivity index (χ3v) is 6.46. The Labute approximate surface area is 136 Å². The predicted molar refractivity (Wildman–Crippen MR) is 82.9 cm³/mol. The number of hydrogen-bond donors (Lipinski definition) is 0. The molecule has 0 atom stereocenters. The van der Waals surface area contributed by atoms with E-state index in [2.05, 4.69) is 0 Å². The van der Waals surface area contributed by atoms with E-state index in [0.717, 1.165) is 23.9 Å². The molecule has 0 saturated carbocycles. The lowest BCUT2D eigenvalue weighted by Crippen LogP contribution is -2.34. The summed E-state index contributed by atoms with van der Waals surface area (Å²) in [6, 6.07) is 10.0. The van der Waals surface area contributed by atoms with Crippen molar-refractivity contribution in [3.8, 4) is 0 Å². The standard InChI is InChI=1S/C14H10N2O5S2/c1-15-14(17)10-4-2-3-5-11(10)22-12-8-9(16(18)19)6-7-13(12)23(15,20)21/h2-8H,1H3. The number of non-ortho nitro benzene ring substituents is 1. The molecule has 1 heterocycles. The average Bonchev–Trinajstić information content (AvgIpc) is 2.53. The number of rotatable bonds is 1. The Kier molecular flexibility index (Phi) is 3.61. The van der Waals surface area contributed by atoms with Gasteiger partial charge < -0.3 is 0 Å². The quantitative estimate of drug-likeness (QED) is 0.579. The molecule has 1 aliphatic heterocycles. The van der Waals surface area contributed by atoms with Crippen LogP contribution in [0.2, 0.25) is 0 Å². The second-order valence-corrected chi connectivity index (χ2v) is 7.79. The molecule has 2 aromatic rings. The van der Waals surface area contributed by atoms with Crippen LogP contribution in [-0.4, -0.2) is 30.6 Å². The molecule has 0 radical (unpaired) electrons. The van der Waals surface area contributed by atoms with Crippen molar-refractivity contribution in [1.29, 1.82) is 0 Å². The molecule has 118 valence electrons. The van der Waals surface area contributed by atoms with Crippen molar-refractivity contribution in [2.24, 2.45) is 0 Å². The molecule has 23 heavy (non-hydrogen) atoms. The number of fused-ring (bicyclic) bond motifs is 2. The second kappa shape index (κ2) is 5.36. The minimum absolute atomic E-state index is 0.126. The van der Waals surface area contributed by atoms with E-state index in [4.69, 9.17) is 0 Å². The number of carbonyl (C=O) groups excluding carboxylic acids is 1. The highest BCUT2D eigenvalue weighted by atomic mass is 32.2. The van der Waals surface area contributed by atoms with Crippen molar-refractivity contribution >= 4 is 33.4 Å². The van der Waals surface area contributed by atoms with E-state index in [9.17, 15) is 23.3 Å². The van der Waals surface area contributed by atoms with Gasteiger partial charge in [0.25, 0.3) is 21.6 Å². The fraction of sp³-hybridized carbons (Fsp3) is 0.0714. The van der Waals surface area contributed by atoms with Crippen LogP contribution in [-0.2, 0) is 10.0 Å². The Morgan fingerprint density at radius 1 is 1.13 bits per heavy atom. The first-order valence-corrected chi connectivity index (χ1v) is 8.66. The molecule has 2 aromatic carbocycles. The molecule has 0 unspecified atom stereocenters. The van der Waals surface area contributed by atoms with Crippen molar-refractivity contribution in [2.45, 2.75) is 14.7 Å². The van der Waals surface area contributed by atoms with Gasteiger partial charge in [-0.2, -0.15) is 0 Å². The lowest BCUT2D eigenvalue weighted by Gasteiger charge is -2.23. The van der Waals surface area contributed by atoms with E-state index in [0.29, 0.717) is 9.20 Å². The Hall–Kier alpha value is -2.39. The molecule has 7 nitrogen and oxygen atoms in total. The summed E-state index contributed by atoms with van der Waals surface area (Å²) < 4.78 is 25.9. The van der Waals surface area contributed by atoms with Gasteiger partial charge in [-0.3, -0.25) is 14.9 Å². The summed E-state index contributed by atoms with van der Waals surface area (Å²) in [5.74, 6) is -0.642. The minimum Gasteiger partial charge on any atom is -0.268 e. The van der Waals surface area contributed by atoms with Gasteiger partial charge in [0.15, 0.2) is 0 Å². The maximum absolute atomic E-state index is 12.6. The summed E-state index contributed by atoms with van der Waals surface area (Å²) in [5, 5.41) is 10.9. The zero-order valence-electron chi connectivity index (χ0n) is 11.8. The number of nitro benzene ring substituents is 1. The molecule has 0 fully saturated rings. The molecule has 1 amide bonds.